The van der Waals surface area contributed by atoms with Gasteiger partial charge in [-0.3, -0.25) is 4.79 Å². The van der Waals surface area contributed by atoms with E-state index < -0.39 is 6.10 Å². The number of fused-ring (bicyclic) bond motifs is 1. The van der Waals surface area contributed by atoms with Gasteiger partial charge >= 0.3 is 0 Å². The molecule has 0 aliphatic heterocycles. The zero-order valence-corrected chi connectivity index (χ0v) is 23.2. The second kappa shape index (κ2) is 13.6. The third-order valence-corrected chi connectivity index (χ3v) is 8.41. The van der Waals surface area contributed by atoms with Crippen molar-refractivity contribution in [3.05, 3.63) is 113 Å². The number of allylic oxidation sites excluding steroid dienone is 4. The van der Waals surface area contributed by atoms with Gasteiger partial charge in [0.2, 0.25) is 0 Å². The summed E-state index contributed by atoms with van der Waals surface area (Å²) >= 11 is 2.97. The van der Waals surface area contributed by atoms with Gasteiger partial charge in [0, 0.05) is 25.2 Å². The third-order valence-electron chi connectivity index (χ3n) is 6.33. The molecule has 0 saturated heterocycles. The van der Waals surface area contributed by atoms with Gasteiger partial charge in [0.1, 0.15) is 11.5 Å². The maximum atomic E-state index is 13.1. The van der Waals surface area contributed by atoms with E-state index in [9.17, 15) is 15.0 Å². The molecule has 0 aromatic heterocycles. The fourth-order valence-electron chi connectivity index (χ4n) is 4.01. The largest absolute Gasteiger partial charge is 0.508 e. The predicted molar refractivity (Wildman–Crippen MR) is 156 cm³/mol. The first-order chi connectivity index (χ1) is 18.5. The number of phenols is 1. The SMILES string of the molecule is CCC(CC)COc1ccc(SC2=CC(O)c3cccc(Sc4ccc(O)cc4)c3C(=O)/C=C/C=C2)cc1. The summed E-state index contributed by atoms with van der Waals surface area (Å²) < 4.78 is 5.95. The summed E-state index contributed by atoms with van der Waals surface area (Å²) in [7, 11) is 0. The molecule has 0 heterocycles. The normalized spacial score (nSPS) is 16.2. The van der Waals surface area contributed by atoms with Crippen molar-refractivity contribution >= 4 is 29.3 Å². The van der Waals surface area contributed by atoms with E-state index in [1.807, 2.05) is 48.6 Å². The number of ether oxygens (including phenoxy) is 1. The number of aliphatic hydroxyl groups excluding tert-OH is 1. The van der Waals surface area contributed by atoms with E-state index in [-0.39, 0.29) is 11.5 Å². The Morgan fingerprint density at radius 3 is 2.24 bits per heavy atom. The molecule has 3 aromatic rings. The number of thioether (sulfide) groups is 1. The number of phenolic OH excluding ortho intramolecular Hbond substituents is 1. The Morgan fingerprint density at radius 2 is 1.53 bits per heavy atom. The highest BCUT2D eigenvalue weighted by Gasteiger charge is 2.20. The molecule has 38 heavy (non-hydrogen) atoms. The van der Waals surface area contributed by atoms with Gasteiger partial charge in [0.05, 0.1) is 12.7 Å². The number of aromatic hydroxyl groups is 1. The Kier molecular flexibility index (Phi) is 9.93. The van der Waals surface area contributed by atoms with Crippen LogP contribution >= 0.6 is 23.5 Å². The van der Waals surface area contributed by atoms with E-state index in [4.69, 9.17) is 4.74 Å². The molecule has 0 spiro atoms. The van der Waals surface area contributed by atoms with Gasteiger partial charge in [-0.05, 0) is 84.3 Å². The van der Waals surface area contributed by atoms with E-state index in [1.165, 1.54) is 17.8 Å². The van der Waals surface area contributed by atoms with Gasteiger partial charge in [0.15, 0.2) is 5.78 Å². The Bertz CT molecular complexity index is 1320. The van der Waals surface area contributed by atoms with Gasteiger partial charge in [-0.15, -0.1) is 0 Å². The summed E-state index contributed by atoms with van der Waals surface area (Å²) in [6.45, 7) is 5.09. The highest BCUT2D eigenvalue weighted by molar-refractivity contribution is 8.03. The van der Waals surface area contributed by atoms with Gasteiger partial charge in [-0.1, -0.05) is 74.5 Å². The molecule has 3 aromatic carbocycles. The third kappa shape index (κ3) is 7.44. The van der Waals surface area contributed by atoms with Crippen LogP contribution in [0.15, 0.2) is 117 Å². The molecule has 0 amide bonds. The van der Waals surface area contributed by atoms with Gasteiger partial charge < -0.3 is 14.9 Å². The van der Waals surface area contributed by atoms with Crippen LogP contribution < -0.4 is 4.74 Å². The lowest BCUT2D eigenvalue weighted by Gasteiger charge is -2.17. The summed E-state index contributed by atoms with van der Waals surface area (Å²) in [5, 5.41) is 20.8. The van der Waals surface area contributed by atoms with Crippen LogP contribution in [0.4, 0.5) is 0 Å². The summed E-state index contributed by atoms with van der Waals surface area (Å²) in [6, 6.07) is 20.4. The van der Waals surface area contributed by atoms with Crippen molar-refractivity contribution in [2.24, 2.45) is 5.92 Å². The molecule has 4 nitrogen and oxygen atoms in total. The van der Waals surface area contributed by atoms with Crippen LogP contribution in [-0.4, -0.2) is 22.6 Å². The maximum Gasteiger partial charge on any atom is 0.187 e. The number of hydrogen-bond donors (Lipinski definition) is 2. The fourth-order valence-corrected chi connectivity index (χ4v) is 5.89. The van der Waals surface area contributed by atoms with E-state index >= 15 is 0 Å². The minimum absolute atomic E-state index is 0.168. The van der Waals surface area contributed by atoms with Crippen molar-refractivity contribution in [2.45, 2.75) is 47.5 Å². The molecular formula is C32H32O4S2. The number of rotatable bonds is 9. The first-order valence-corrected chi connectivity index (χ1v) is 14.4. The highest BCUT2D eigenvalue weighted by Crippen LogP contribution is 2.37. The molecule has 196 valence electrons. The number of aliphatic hydroxyl groups is 1. The van der Waals surface area contributed by atoms with Crippen LogP contribution in [0.25, 0.3) is 0 Å². The van der Waals surface area contributed by atoms with Crippen molar-refractivity contribution < 1.29 is 19.7 Å². The predicted octanol–water partition coefficient (Wildman–Crippen LogP) is 8.38. The van der Waals surface area contributed by atoms with Crippen LogP contribution in [0.2, 0.25) is 0 Å². The lowest BCUT2D eigenvalue weighted by Crippen LogP contribution is -2.09. The first-order valence-electron chi connectivity index (χ1n) is 12.8. The molecule has 1 aliphatic carbocycles. The van der Waals surface area contributed by atoms with Crippen molar-refractivity contribution in [3.63, 3.8) is 0 Å². The molecule has 1 atom stereocenters. The number of hydrogen-bond acceptors (Lipinski definition) is 6. The molecule has 6 heteroatoms. The van der Waals surface area contributed by atoms with Gasteiger partial charge in [-0.2, -0.15) is 0 Å². The first kappa shape index (κ1) is 27.8. The Hall–Kier alpha value is -3.19. The number of ketones is 1. The maximum absolute atomic E-state index is 13.1. The Morgan fingerprint density at radius 1 is 0.868 bits per heavy atom. The molecule has 1 aliphatic rings. The molecule has 1 unspecified atom stereocenters. The van der Waals surface area contributed by atoms with Crippen molar-refractivity contribution in [1.29, 1.82) is 0 Å². The number of benzene rings is 3. The van der Waals surface area contributed by atoms with Crippen LogP contribution in [0, 0.1) is 5.92 Å². The van der Waals surface area contributed by atoms with Crippen LogP contribution in [0.5, 0.6) is 11.5 Å². The van der Waals surface area contributed by atoms with E-state index in [1.54, 1.807) is 54.2 Å². The summed E-state index contributed by atoms with van der Waals surface area (Å²) in [6.07, 6.45) is 10.00. The van der Waals surface area contributed by atoms with E-state index in [0.29, 0.717) is 17.0 Å². The monoisotopic (exact) mass is 544 g/mol. The number of carbonyl (C=O) groups excluding carboxylic acids is 1. The average molecular weight is 545 g/mol. The minimum atomic E-state index is -0.962. The average Bonchev–Trinajstić information content (AvgIpc) is 2.93. The number of carbonyl (C=O) groups is 1. The topological polar surface area (TPSA) is 66.8 Å². The Labute approximate surface area is 233 Å². The van der Waals surface area contributed by atoms with E-state index in [0.717, 1.165) is 44.8 Å². The fraction of sp³-hybridized carbons (Fsp3) is 0.219. The van der Waals surface area contributed by atoms with Crippen molar-refractivity contribution in [1.82, 2.24) is 0 Å². The second-order valence-electron chi connectivity index (χ2n) is 8.98. The van der Waals surface area contributed by atoms with Crippen LogP contribution in [0.1, 0.15) is 48.7 Å². The van der Waals surface area contributed by atoms with Crippen molar-refractivity contribution in [2.75, 3.05) is 6.61 Å². The van der Waals surface area contributed by atoms with Crippen LogP contribution in [-0.2, 0) is 0 Å². The lowest BCUT2D eigenvalue weighted by atomic mass is 9.97. The quantitative estimate of drug-likeness (QED) is 0.282. The summed E-state index contributed by atoms with van der Waals surface area (Å²) in [4.78, 5) is 16.7. The minimum Gasteiger partial charge on any atom is -0.508 e. The van der Waals surface area contributed by atoms with Crippen LogP contribution in [0.3, 0.4) is 0 Å². The molecule has 0 bridgehead atoms. The summed E-state index contributed by atoms with van der Waals surface area (Å²) in [5.74, 6) is 1.43. The Balaban J connectivity index is 1.56. The van der Waals surface area contributed by atoms with Crippen molar-refractivity contribution in [3.8, 4) is 11.5 Å². The molecule has 0 saturated carbocycles. The molecule has 0 radical (unpaired) electrons. The highest BCUT2D eigenvalue weighted by atomic mass is 32.2. The summed E-state index contributed by atoms with van der Waals surface area (Å²) in [5.41, 5.74) is 1.03. The molecule has 2 N–H and O–H groups in total. The second-order valence-corrected chi connectivity index (χ2v) is 11.2. The standard InChI is InChI=1S/C32H32O4S2/c1-3-22(4-2)21-36-24-14-18-25(19-15-24)37-27-8-5-6-10-29(34)32-28(30(35)20-27)9-7-11-31(32)38-26-16-12-23(33)13-17-26/h5-20,22,30,33,35H,3-4,21H2,1-2H3/b8-5?,10-6+,27-20?. The van der Waals surface area contributed by atoms with Gasteiger partial charge in [0.25, 0.3) is 0 Å². The zero-order chi connectivity index (χ0) is 26.9. The zero-order valence-electron chi connectivity index (χ0n) is 21.5. The smallest absolute Gasteiger partial charge is 0.187 e. The van der Waals surface area contributed by atoms with E-state index in [2.05, 4.69) is 13.8 Å². The van der Waals surface area contributed by atoms with Gasteiger partial charge in [-0.25, -0.2) is 0 Å². The molecule has 0 fully saturated rings. The molecular weight excluding hydrogens is 512 g/mol. The molecule has 4 rings (SSSR count). The lowest BCUT2D eigenvalue weighted by molar-refractivity contribution is 0.103.